The molecule has 1 atom stereocenters. The first-order valence-corrected chi connectivity index (χ1v) is 8.63. The van der Waals surface area contributed by atoms with Gasteiger partial charge in [-0.1, -0.05) is 42.5 Å². The van der Waals surface area contributed by atoms with Crippen LogP contribution in [0.1, 0.15) is 28.3 Å². The molecule has 4 rings (SSSR count). The molecule has 1 aromatic heterocycles. The van der Waals surface area contributed by atoms with E-state index < -0.39 is 5.97 Å². The van der Waals surface area contributed by atoms with Crippen molar-refractivity contribution in [3.63, 3.8) is 0 Å². The Hall–Kier alpha value is -3.15. The average molecular weight is 349 g/mol. The molecule has 1 aliphatic heterocycles. The molecular formula is C20H19N3O3. The normalized spacial score (nSPS) is 16.9. The number of aromatic nitrogens is 2. The Morgan fingerprint density at radius 3 is 2.77 bits per heavy atom. The average Bonchev–Trinajstić information content (AvgIpc) is 3.31. The highest BCUT2D eigenvalue weighted by atomic mass is 16.4. The van der Waals surface area contributed by atoms with Crippen molar-refractivity contribution in [1.29, 1.82) is 0 Å². The van der Waals surface area contributed by atoms with Gasteiger partial charge < -0.3 is 10.0 Å². The summed E-state index contributed by atoms with van der Waals surface area (Å²) in [6.45, 7) is 1.45. The lowest BCUT2D eigenvalue weighted by atomic mass is 9.93. The topological polar surface area (TPSA) is 75.4 Å². The van der Waals surface area contributed by atoms with Crippen LogP contribution in [0.3, 0.4) is 0 Å². The SMILES string of the molecule is O=C(O)c1cnn(CC(=O)N2CCC(c3cccc4ccccc34)C2)c1. The van der Waals surface area contributed by atoms with E-state index in [9.17, 15) is 9.59 Å². The predicted octanol–water partition coefficient (Wildman–Crippen LogP) is 2.75. The van der Waals surface area contributed by atoms with Crippen LogP contribution in [0.15, 0.2) is 54.9 Å². The Labute approximate surface area is 150 Å². The number of carboxylic acid groups (broad SMARTS) is 1. The zero-order valence-corrected chi connectivity index (χ0v) is 14.2. The molecule has 2 aromatic carbocycles. The maximum absolute atomic E-state index is 12.6. The van der Waals surface area contributed by atoms with Gasteiger partial charge in [0.1, 0.15) is 6.54 Å². The zero-order valence-electron chi connectivity index (χ0n) is 14.2. The Morgan fingerprint density at radius 1 is 1.15 bits per heavy atom. The number of aromatic carboxylic acids is 1. The standard InChI is InChI=1S/C20H19N3O3/c24-19(13-23-12-16(10-21-23)20(25)26)22-9-8-15(11-22)18-7-3-5-14-4-1-2-6-17(14)18/h1-7,10,12,15H,8-9,11,13H2,(H,25,26). The maximum atomic E-state index is 12.6. The molecule has 0 spiro atoms. The lowest BCUT2D eigenvalue weighted by Gasteiger charge is -2.17. The summed E-state index contributed by atoms with van der Waals surface area (Å²) in [5.41, 5.74) is 1.37. The second-order valence-electron chi connectivity index (χ2n) is 6.63. The molecule has 1 unspecified atom stereocenters. The molecule has 1 aliphatic rings. The first-order valence-electron chi connectivity index (χ1n) is 8.63. The van der Waals surface area contributed by atoms with Crippen molar-refractivity contribution in [1.82, 2.24) is 14.7 Å². The molecular weight excluding hydrogens is 330 g/mol. The van der Waals surface area contributed by atoms with Gasteiger partial charge in [-0.15, -0.1) is 0 Å². The predicted molar refractivity (Wildman–Crippen MR) is 97.1 cm³/mol. The second-order valence-corrected chi connectivity index (χ2v) is 6.63. The number of carboxylic acids is 1. The van der Waals surface area contributed by atoms with Gasteiger partial charge in [0.05, 0.1) is 11.8 Å². The fourth-order valence-corrected chi connectivity index (χ4v) is 3.65. The summed E-state index contributed by atoms with van der Waals surface area (Å²) in [5.74, 6) is -0.758. The molecule has 26 heavy (non-hydrogen) atoms. The molecule has 1 fully saturated rings. The molecule has 132 valence electrons. The minimum absolute atomic E-state index is 0.0345. The number of likely N-dealkylation sites (tertiary alicyclic amines) is 1. The monoisotopic (exact) mass is 349 g/mol. The second kappa shape index (κ2) is 6.63. The number of carbonyl (C=O) groups is 2. The van der Waals surface area contributed by atoms with Crippen molar-refractivity contribution in [2.24, 2.45) is 0 Å². The Morgan fingerprint density at radius 2 is 1.96 bits per heavy atom. The smallest absolute Gasteiger partial charge is 0.338 e. The van der Waals surface area contributed by atoms with E-state index in [-0.39, 0.29) is 18.0 Å². The van der Waals surface area contributed by atoms with Gasteiger partial charge in [0.15, 0.2) is 0 Å². The van der Waals surface area contributed by atoms with Gasteiger partial charge in [-0.25, -0.2) is 4.79 Å². The number of fused-ring (bicyclic) bond motifs is 1. The minimum atomic E-state index is -1.04. The first kappa shape index (κ1) is 16.3. The molecule has 0 bridgehead atoms. The van der Waals surface area contributed by atoms with Crippen LogP contribution in [0, 0.1) is 0 Å². The molecule has 6 heteroatoms. The fraction of sp³-hybridized carbons (Fsp3) is 0.250. The molecule has 2 heterocycles. The van der Waals surface area contributed by atoms with E-state index in [1.165, 1.54) is 33.4 Å². The van der Waals surface area contributed by atoms with Crippen LogP contribution in [0.5, 0.6) is 0 Å². The number of hydrogen-bond donors (Lipinski definition) is 1. The number of carbonyl (C=O) groups excluding carboxylic acids is 1. The molecule has 3 aromatic rings. The highest BCUT2D eigenvalue weighted by molar-refractivity contribution is 5.87. The van der Waals surface area contributed by atoms with Crippen molar-refractivity contribution in [3.05, 3.63) is 66.0 Å². The highest BCUT2D eigenvalue weighted by Gasteiger charge is 2.28. The maximum Gasteiger partial charge on any atom is 0.338 e. The molecule has 0 saturated carbocycles. The van der Waals surface area contributed by atoms with Gasteiger partial charge in [-0.3, -0.25) is 9.48 Å². The van der Waals surface area contributed by atoms with Crippen LogP contribution >= 0.6 is 0 Å². The fourth-order valence-electron chi connectivity index (χ4n) is 3.65. The van der Waals surface area contributed by atoms with Crippen LogP contribution < -0.4 is 0 Å². The van der Waals surface area contributed by atoms with Crippen molar-refractivity contribution < 1.29 is 14.7 Å². The first-order chi connectivity index (χ1) is 12.6. The van der Waals surface area contributed by atoms with Crippen LogP contribution in [0.2, 0.25) is 0 Å². The van der Waals surface area contributed by atoms with E-state index in [1.807, 2.05) is 17.0 Å². The molecule has 0 radical (unpaired) electrons. The molecule has 6 nitrogen and oxygen atoms in total. The van der Waals surface area contributed by atoms with Gasteiger partial charge in [-0.2, -0.15) is 5.10 Å². The Bertz CT molecular complexity index is 974. The summed E-state index contributed by atoms with van der Waals surface area (Å²) in [6, 6.07) is 14.6. The van der Waals surface area contributed by atoms with Crippen molar-refractivity contribution in [2.75, 3.05) is 13.1 Å². The quantitative estimate of drug-likeness (QED) is 0.786. The number of nitrogens with zero attached hydrogens (tertiary/aromatic N) is 3. The third-order valence-corrected chi connectivity index (χ3v) is 4.98. The summed E-state index contributed by atoms with van der Waals surface area (Å²) >= 11 is 0. The number of benzene rings is 2. The largest absolute Gasteiger partial charge is 0.478 e. The minimum Gasteiger partial charge on any atom is -0.478 e. The van der Waals surface area contributed by atoms with Crippen LogP contribution in [-0.4, -0.2) is 44.8 Å². The van der Waals surface area contributed by atoms with E-state index in [1.54, 1.807) is 0 Å². The zero-order chi connectivity index (χ0) is 18.1. The summed E-state index contributed by atoms with van der Waals surface area (Å²) in [4.78, 5) is 25.3. The van der Waals surface area contributed by atoms with Crippen LogP contribution in [-0.2, 0) is 11.3 Å². The summed E-state index contributed by atoms with van der Waals surface area (Å²) in [5, 5.41) is 15.4. The van der Waals surface area contributed by atoms with Crippen LogP contribution in [0.4, 0.5) is 0 Å². The number of hydrogen-bond acceptors (Lipinski definition) is 3. The molecule has 1 amide bonds. The van der Waals surface area contributed by atoms with Crippen LogP contribution in [0.25, 0.3) is 10.8 Å². The molecule has 1 N–H and O–H groups in total. The van der Waals surface area contributed by atoms with E-state index in [0.29, 0.717) is 19.0 Å². The van der Waals surface area contributed by atoms with Crippen molar-refractivity contribution in [3.8, 4) is 0 Å². The molecule has 0 aliphatic carbocycles. The third-order valence-electron chi connectivity index (χ3n) is 4.98. The van der Waals surface area contributed by atoms with E-state index in [2.05, 4.69) is 35.4 Å². The van der Waals surface area contributed by atoms with E-state index in [4.69, 9.17) is 5.11 Å². The van der Waals surface area contributed by atoms with Gasteiger partial charge in [0.25, 0.3) is 0 Å². The van der Waals surface area contributed by atoms with Gasteiger partial charge in [-0.05, 0) is 22.8 Å². The third kappa shape index (κ3) is 3.06. The summed E-state index contributed by atoms with van der Waals surface area (Å²) < 4.78 is 1.39. The highest BCUT2D eigenvalue weighted by Crippen LogP contribution is 2.32. The molecule has 1 saturated heterocycles. The number of rotatable bonds is 4. The van der Waals surface area contributed by atoms with E-state index in [0.717, 1.165) is 6.42 Å². The van der Waals surface area contributed by atoms with Crippen molar-refractivity contribution >= 4 is 22.6 Å². The lowest BCUT2D eigenvalue weighted by Crippen LogP contribution is -2.31. The number of amides is 1. The summed E-state index contributed by atoms with van der Waals surface area (Å²) in [6.07, 6.45) is 3.58. The van der Waals surface area contributed by atoms with Gasteiger partial charge in [0, 0.05) is 25.2 Å². The van der Waals surface area contributed by atoms with Gasteiger partial charge in [0.2, 0.25) is 5.91 Å². The summed E-state index contributed by atoms with van der Waals surface area (Å²) in [7, 11) is 0. The van der Waals surface area contributed by atoms with Crippen molar-refractivity contribution in [2.45, 2.75) is 18.9 Å². The van der Waals surface area contributed by atoms with E-state index >= 15 is 0 Å². The Balaban J connectivity index is 1.47. The van der Waals surface area contributed by atoms with Gasteiger partial charge >= 0.3 is 5.97 Å². The lowest BCUT2D eigenvalue weighted by molar-refractivity contribution is -0.131. The Kier molecular flexibility index (Phi) is 4.16.